The first-order valence-corrected chi connectivity index (χ1v) is 7.73. The molecule has 3 nitrogen and oxygen atoms in total. The van der Waals surface area contributed by atoms with Crippen molar-refractivity contribution in [2.24, 2.45) is 5.73 Å². The molecule has 0 bridgehead atoms. The average molecular weight is 284 g/mol. The van der Waals surface area contributed by atoms with E-state index in [0.29, 0.717) is 0 Å². The van der Waals surface area contributed by atoms with E-state index in [1.165, 1.54) is 25.7 Å². The minimum absolute atomic E-state index is 0.0947. The molecule has 0 aliphatic carbocycles. The van der Waals surface area contributed by atoms with Crippen LogP contribution in [-0.2, 0) is 0 Å². The van der Waals surface area contributed by atoms with Crippen molar-refractivity contribution in [3.63, 3.8) is 0 Å². The molecule has 0 aromatic heterocycles. The molecule has 112 valence electrons. The Hall–Kier alpha value is -2.03. The summed E-state index contributed by atoms with van der Waals surface area (Å²) in [5.74, 6) is 0.975. The van der Waals surface area contributed by atoms with Gasteiger partial charge in [-0.1, -0.05) is 56.9 Å². The van der Waals surface area contributed by atoms with Crippen LogP contribution in [0.1, 0.15) is 44.6 Å². The molecule has 0 aliphatic rings. The van der Waals surface area contributed by atoms with E-state index < -0.39 is 0 Å². The molecule has 2 aromatic carbocycles. The number of nitrogen functional groups attached to an aromatic ring is 1. The lowest BCUT2D eigenvalue weighted by molar-refractivity contribution is 0.308. The van der Waals surface area contributed by atoms with Gasteiger partial charge in [0.1, 0.15) is 11.6 Å². The third-order valence-corrected chi connectivity index (χ3v) is 3.68. The maximum atomic E-state index is 7.66. The van der Waals surface area contributed by atoms with E-state index in [2.05, 4.69) is 6.92 Å². The SMILES string of the molecule is CCCCCCCOc1ccc(C(=N)N)c2ccccc12. The van der Waals surface area contributed by atoms with Crippen LogP contribution < -0.4 is 10.5 Å². The van der Waals surface area contributed by atoms with Crippen molar-refractivity contribution in [1.82, 2.24) is 0 Å². The highest BCUT2D eigenvalue weighted by Gasteiger charge is 2.08. The van der Waals surface area contributed by atoms with Gasteiger partial charge in [-0.2, -0.15) is 0 Å². The number of nitrogens with two attached hydrogens (primary N) is 1. The Kier molecular flexibility index (Phi) is 5.61. The molecule has 0 saturated heterocycles. The van der Waals surface area contributed by atoms with Crippen molar-refractivity contribution in [3.8, 4) is 5.75 Å². The highest BCUT2D eigenvalue weighted by atomic mass is 16.5. The minimum Gasteiger partial charge on any atom is -0.493 e. The Balaban J connectivity index is 2.07. The molecule has 0 spiro atoms. The number of hydrogen-bond donors (Lipinski definition) is 2. The molecule has 2 aromatic rings. The number of ether oxygens (including phenoxy) is 1. The van der Waals surface area contributed by atoms with E-state index in [9.17, 15) is 0 Å². The predicted molar refractivity (Wildman–Crippen MR) is 89.2 cm³/mol. The largest absolute Gasteiger partial charge is 0.493 e. The second-order valence-corrected chi connectivity index (χ2v) is 5.33. The van der Waals surface area contributed by atoms with Crippen LogP contribution in [0, 0.1) is 5.41 Å². The first kappa shape index (κ1) is 15.4. The van der Waals surface area contributed by atoms with Crippen molar-refractivity contribution in [3.05, 3.63) is 42.0 Å². The van der Waals surface area contributed by atoms with Gasteiger partial charge in [-0.05, 0) is 23.9 Å². The summed E-state index contributed by atoms with van der Waals surface area (Å²) < 4.78 is 5.92. The summed E-state index contributed by atoms with van der Waals surface area (Å²) >= 11 is 0. The summed E-state index contributed by atoms with van der Waals surface area (Å²) in [5.41, 5.74) is 6.41. The van der Waals surface area contributed by atoms with Crippen LogP contribution in [0.15, 0.2) is 36.4 Å². The molecule has 2 rings (SSSR count). The predicted octanol–water partition coefficient (Wildman–Crippen LogP) is 4.47. The Morgan fingerprint density at radius 1 is 1.00 bits per heavy atom. The highest BCUT2D eigenvalue weighted by Crippen LogP contribution is 2.28. The van der Waals surface area contributed by atoms with Crippen molar-refractivity contribution < 1.29 is 4.74 Å². The zero-order chi connectivity index (χ0) is 15.1. The van der Waals surface area contributed by atoms with Crippen molar-refractivity contribution in [2.75, 3.05) is 6.61 Å². The van der Waals surface area contributed by atoms with Crippen LogP contribution in [0.2, 0.25) is 0 Å². The first-order chi connectivity index (χ1) is 10.2. The fourth-order valence-electron chi connectivity index (χ4n) is 2.52. The van der Waals surface area contributed by atoms with E-state index >= 15 is 0 Å². The zero-order valence-electron chi connectivity index (χ0n) is 12.7. The molecule has 0 atom stereocenters. The third kappa shape index (κ3) is 3.97. The maximum absolute atomic E-state index is 7.66. The topological polar surface area (TPSA) is 59.1 Å². The summed E-state index contributed by atoms with van der Waals surface area (Å²) in [7, 11) is 0. The van der Waals surface area contributed by atoms with Gasteiger partial charge in [0.15, 0.2) is 0 Å². The summed E-state index contributed by atoms with van der Waals surface area (Å²) in [5, 5.41) is 9.66. The molecular formula is C18H24N2O. The van der Waals surface area contributed by atoms with Crippen LogP contribution in [0.3, 0.4) is 0 Å². The van der Waals surface area contributed by atoms with Crippen LogP contribution in [0.5, 0.6) is 5.75 Å². The molecular weight excluding hydrogens is 260 g/mol. The standard InChI is InChI=1S/C18H24N2O/c1-2-3-4-5-8-13-21-17-12-11-16(18(19)20)14-9-6-7-10-15(14)17/h6-7,9-12H,2-5,8,13H2,1H3,(H3,19,20). The second kappa shape index (κ2) is 7.67. The Morgan fingerprint density at radius 2 is 1.71 bits per heavy atom. The molecule has 0 fully saturated rings. The van der Waals surface area contributed by atoms with Crippen molar-refractivity contribution >= 4 is 16.6 Å². The first-order valence-electron chi connectivity index (χ1n) is 7.73. The van der Waals surface area contributed by atoms with Gasteiger partial charge in [-0.25, -0.2) is 0 Å². The number of fused-ring (bicyclic) bond motifs is 1. The molecule has 0 unspecified atom stereocenters. The smallest absolute Gasteiger partial charge is 0.127 e. The van der Waals surface area contributed by atoms with Gasteiger partial charge in [0.05, 0.1) is 6.61 Å². The van der Waals surface area contributed by atoms with E-state index in [0.717, 1.165) is 35.1 Å². The number of rotatable bonds is 8. The summed E-state index contributed by atoms with van der Waals surface area (Å²) in [6, 6.07) is 11.8. The van der Waals surface area contributed by atoms with Crippen molar-refractivity contribution in [1.29, 1.82) is 5.41 Å². The van der Waals surface area contributed by atoms with Crippen LogP contribution >= 0.6 is 0 Å². The second-order valence-electron chi connectivity index (χ2n) is 5.33. The zero-order valence-corrected chi connectivity index (χ0v) is 12.7. The Labute approximate surface area is 126 Å². The fraction of sp³-hybridized carbons (Fsp3) is 0.389. The molecule has 21 heavy (non-hydrogen) atoms. The number of nitrogens with one attached hydrogen (secondary N) is 1. The van der Waals surface area contributed by atoms with Crippen molar-refractivity contribution in [2.45, 2.75) is 39.0 Å². The lowest BCUT2D eigenvalue weighted by Gasteiger charge is -2.12. The van der Waals surface area contributed by atoms with E-state index in [1.54, 1.807) is 0 Å². The van der Waals surface area contributed by atoms with Crippen LogP contribution in [0.4, 0.5) is 0 Å². The molecule has 3 heteroatoms. The van der Waals surface area contributed by atoms with Gasteiger partial charge >= 0.3 is 0 Å². The van der Waals surface area contributed by atoms with Gasteiger partial charge in [0, 0.05) is 10.9 Å². The summed E-state index contributed by atoms with van der Waals surface area (Å²) in [6.07, 6.45) is 6.15. The Morgan fingerprint density at radius 3 is 2.43 bits per heavy atom. The van der Waals surface area contributed by atoms with Gasteiger partial charge in [-0.15, -0.1) is 0 Å². The van der Waals surface area contributed by atoms with Crippen LogP contribution in [0.25, 0.3) is 10.8 Å². The summed E-state index contributed by atoms with van der Waals surface area (Å²) in [6.45, 7) is 2.96. The normalized spacial score (nSPS) is 10.7. The molecule has 0 radical (unpaired) electrons. The average Bonchev–Trinajstić information content (AvgIpc) is 2.50. The van der Waals surface area contributed by atoms with Crippen LogP contribution in [-0.4, -0.2) is 12.4 Å². The monoisotopic (exact) mass is 284 g/mol. The number of amidine groups is 1. The van der Waals surface area contributed by atoms with Gasteiger partial charge in [-0.3, -0.25) is 5.41 Å². The van der Waals surface area contributed by atoms with E-state index in [1.807, 2.05) is 36.4 Å². The molecule has 3 N–H and O–H groups in total. The highest BCUT2D eigenvalue weighted by molar-refractivity contribution is 6.09. The van der Waals surface area contributed by atoms with Gasteiger partial charge < -0.3 is 10.5 Å². The molecule has 0 aliphatic heterocycles. The number of unbranched alkanes of at least 4 members (excludes halogenated alkanes) is 4. The number of hydrogen-bond acceptors (Lipinski definition) is 2. The Bertz CT molecular complexity index is 607. The van der Waals surface area contributed by atoms with Gasteiger partial charge in [0.2, 0.25) is 0 Å². The minimum atomic E-state index is 0.0947. The van der Waals surface area contributed by atoms with Gasteiger partial charge in [0.25, 0.3) is 0 Å². The lowest BCUT2D eigenvalue weighted by atomic mass is 10.0. The molecule has 0 heterocycles. The third-order valence-electron chi connectivity index (χ3n) is 3.68. The summed E-state index contributed by atoms with van der Waals surface area (Å²) in [4.78, 5) is 0. The van der Waals surface area contributed by atoms with E-state index in [4.69, 9.17) is 15.9 Å². The molecule has 0 saturated carbocycles. The lowest BCUT2D eigenvalue weighted by Crippen LogP contribution is -2.11. The number of benzene rings is 2. The quantitative estimate of drug-likeness (QED) is 0.427. The maximum Gasteiger partial charge on any atom is 0.127 e. The fourth-order valence-corrected chi connectivity index (χ4v) is 2.52. The van der Waals surface area contributed by atoms with E-state index in [-0.39, 0.29) is 5.84 Å². The molecule has 0 amide bonds.